The SMILES string of the molecule is CCCOc1ccc(C(=O)N2CCC(N3CCNC3=O)CC2)cc1OCCC. The first-order chi connectivity index (χ1) is 13.6. The van der Waals surface area contributed by atoms with Gasteiger partial charge in [0.2, 0.25) is 0 Å². The lowest BCUT2D eigenvalue weighted by atomic mass is 10.0. The van der Waals surface area contributed by atoms with E-state index in [1.54, 1.807) is 6.07 Å². The van der Waals surface area contributed by atoms with Crippen LogP contribution in [0.4, 0.5) is 4.79 Å². The molecule has 2 saturated heterocycles. The van der Waals surface area contributed by atoms with Crippen molar-refractivity contribution in [3.63, 3.8) is 0 Å². The summed E-state index contributed by atoms with van der Waals surface area (Å²) in [6.07, 6.45) is 3.44. The van der Waals surface area contributed by atoms with Gasteiger partial charge in [0.15, 0.2) is 11.5 Å². The molecule has 0 unspecified atom stereocenters. The van der Waals surface area contributed by atoms with Crippen LogP contribution in [0, 0.1) is 0 Å². The number of hydrogen-bond acceptors (Lipinski definition) is 4. The van der Waals surface area contributed by atoms with Crippen LogP contribution >= 0.6 is 0 Å². The molecule has 0 atom stereocenters. The number of benzene rings is 1. The Kier molecular flexibility index (Phi) is 7.01. The summed E-state index contributed by atoms with van der Waals surface area (Å²) in [7, 11) is 0. The maximum absolute atomic E-state index is 13.0. The van der Waals surface area contributed by atoms with Crippen LogP contribution in [-0.4, -0.2) is 67.2 Å². The fraction of sp³-hybridized carbons (Fsp3) is 0.619. The number of ether oxygens (including phenoxy) is 2. The van der Waals surface area contributed by atoms with E-state index in [0.717, 1.165) is 32.2 Å². The minimum Gasteiger partial charge on any atom is -0.490 e. The predicted octanol–water partition coefficient (Wildman–Crippen LogP) is 2.89. The van der Waals surface area contributed by atoms with Crippen LogP contribution in [0.3, 0.4) is 0 Å². The molecular weight excluding hydrogens is 358 g/mol. The van der Waals surface area contributed by atoms with E-state index in [4.69, 9.17) is 9.47 Å². The second-order valence-corrected chi connectivity index (χ2v) is 7.31. The third kappa shape index (κ3) is 4.69. The molecule has 0 aliphatic carbocycles. The Morgan fingerprint density at radius 1 is 1.07 bits per heavy atom. The van der Waals surface area contributed by atoms with E-state index in [0.29, 0.717) is 49.9 Å². The first kappa shape index (κ1) is 20.3. The van der Waals surface area contributed by atoms with E-state index >= 15 is 0 Å². The van der Waals surface area contributed by atoms with Crippen molar-refractivity contribution in [2.75, 3.05) is 39.4 Å². The number of nitrogens with one attached hydrogen (secondary N) is 1. The Bertz CT molecular complexity index is 686. The van der Waals surface area contributed by atoms with E-state index in [2.05, 4.69) is 12.2 Å². The Morgan fingerprint density at radius 2 is 1.75 bits per heavy atom. The smallest absolute Gasteiger partial charge is 0.317 e. The zero-order valence-corrected chi connectivity index (χ0v) is 16.9. The second-order valence-electron chi connectivity index (χ2n) is 7.31. The number of amides is 3. The van der Waals surface area contributed by atoms with Crippen LogP contribution in [0.15, 0.2) is 18.2 Å². The van der Waals surface area contributed by atoms with Gasteiger partial charge < -0.3 is 24.6 Å². The molecule has 0 saturated carbocycles. The van der Waals surface area contributed by atoms with E-state index in [9.17, 15) is 9.59 Å². The molecule has 28 heavy (non-hydrogen) atoms. The highest BCUT2D eigenvalue weighted by molar-refractivity contribution is 5.95. The molecule has 1 aromatic carbocycles. The van der Waals surface area contributed by atoms with Crippen LogP contribution in [0.5, 0.6) is 11.5 Å². The quantitative estimate of drug-likeness (QED) is 0.742. The topological polar surface area (TPSA) is 71.1 Å². The lowest BCUT2D eigenvalue weighted by Gasteiger charge is -2.36. The molecule has 1 aromatic rings. The maximum atomic E-state index is 13.0. The first-order valence-electron chi connectivity index (χ1n) is 10.4. The lowest BCUT2D eigenvalue weighted by Crippen LogP contribution is -2.47. The Balaban J connectivity index is 1.64. The fourth-order valence-corrected chi connectivity index (χ4v) is 3.70. The normalized spacial score (nSPS) is 17.6. The molecule has 0 aromatic heterocycles. The molecular formula is C21H31N3O4. The van der Waals surface area contributed by atoms with Gasteiger partial charge in [-0.1, -0.05) is 13.8 Å². The van der Waals surface area contributed by atoms with Crippen molar-refractivity contribution >= 4 is 11.9 Å². The van der Waals surface area contributed by atoms with Crippen LogP contribution in [0.2, 0.25) is 0 Å². The van der Waals surface area contributed by atoms with Crippen molar-refractivity contribution in [1.82, 2.24) is 15.1 Å². The molecule has 2 fully saturated rings. The summed E-state index contributed by atoms with van der Waals surface area (Å²) in [6, 6.07) is 5.68. The highest BCUT2D eigenvalue weighted by Crippen LogP contribution is 2.30. The molecule has 0 bridgehead atoms. The third-order valence-corrected chi connectivity index (χ3v) is 5.20. The Hall–Kier alpha value is -2.44. The minimum atomic E-state index is 0.00714. The zero-order chi connectivity index (χ0) is 19.9. The Morgan fingerprint density at radius 3 is 2.36 bits per heavy atom. The van der Waals surface area contributed by atoms with Gasteiger partial charge in [-0.25, -0.2) is 4.79 Å². The van der Waals surface area contributed by atoms with Crippen molar-refractivity contribution in [2.24, 2.45) is 0 Å². The van der Waals surface area contributed by atoms with Gasteiger partial charge in [-0.2, -0.15) is 0 Å². The van der Waals surface area contributed by atoms with Crippen molar-refractivity contribution in [3.05, 3.63) is 23.8 Å². The van der Waals surface area contributed by atoms with Crippen molar-refractivity contribution in [1.29, 1.82) is 0 Å². The summed E-state index contributed by atoms with van der Waals surface area (Å²) < 4.78 is 11.6. The molecule has 3 amide bonds. The molecule has 1 N–H and O–H groups in total. The van der Waals surface area contributed by atoms with Crippen molar-refractivity contribution in [2.45, 2.75) is 45.6 Å². The average molecular weight is 389 g/mol. The predicted molar refractivity (Wildman–Crippen MR) is 107 cm³/mol. The van der Waals surface area contributed by atoms with E-state index < -0.39 is 0 Å². The van der Waals surface area contributed by atoms with Gasteiger partial charge in [0, 0.05) is 37.8 Å². The van der Waals surface area contributed by atoms with Gasteiger partial charge in [0.1, 0.15) is 0 Å². The largest absolute Gasteiger partial charge is 0.490 e. The third-order valence-electron chi connectivity index (χ3n) is 5.20. The number of carbonyl (C=O) groups is 2. The highest BCUT2D eigenvalue weighted by atomic mass is 16.5. The van der Waals surface area contributed by atoms with Gasteiger partial charge in [-0.3, -0.25) is 4.79 Å². The van der Waals surface area contributed by atoms with E-state index in [1.807, 2.05) is 28.9 Å². The summed E-state index contributed by atoms with van der Waals surface area (Å²) in [6.45, 7) is 8.10. The number of urea groups is 1. The van der Waals surface area contributed by atoms with Crippen molar-refractivity contribution in [3.8, 4) is 11.5 Å². The number of nitrogens with zero attached hydrogens (tertiary/aromatic N) is 2. The van der Waals surface area contributed by atoms with E-state index in [1.165, 1.54) is 0 Å². The van der Waals surface area contributed by atoms with Crippen molar-refractivity contribution < 1.29 is 19.1 Å². The van der Waals surface area contributed by atoms with E-state index in [-0.39, 0.29) is 18.0 Å². The first-order valence-corrected chi connectivity index (χ1v) is 10.4. The highest BCUT2D eigenvalue weighted by Gasteiger charge is 2.32. The average Bonchev–Trinajstić information content (AvgIpc) is 3.16. The molecule has 154 valence electrons. The summed E-state index contributed by atoms with van der Waals surface area (Å²) in [5.41, 5.74) is 0.618. The second kappa shape index (κ2) is 9.66. The van der Waals surface area contributed by atoms with Crippen LogP contribution < -0.4 is 14.8 Å². The number of likely N-dealkylation sites (tertiary alicyclic amines) is 1. The molecule has 7 heteroatoms. The molecule has 7 nitrogen and oxygen atoms in total. The summed E-state index contributed by atoms with van der Waals surface area (Å²) in [5.74, 6) is 1.32. The fourth-order valence-electron chi connectivity index (χ4n) is 3.70. The molecule has 0 radical (unpaired) electrons. The molecule has 2 heterocycles. The Labute approximate surface area is 167 Å². The molecule has 3 rings (SSSR count). The molecule has 2 aliphatic heterocycles. The number of hydrogen-bond donors (Lipinski definition) is 1. The molecule has 0 spiro atoms. The number of piperidine rings is 1. The van der Waals surface area contributed by atoms with Gasteiger partial charge in [-0.05, 0) is 43.9 Å². The number of rotatable bonds is 8. The van der Waals surface area contributed by atoms with Gasteiger partial charge >= 0.3 is 6.03 Å². The van der Waals surface area contributed by atoms with Gasteiger partial charge in [0.05, 0.1) is 13.2 Å². The lowest BCUT2D eigenvalue weighted by molar-refractivity contribution is 0.0665. The molecule has 2 aliphatic rings. The zero-order valence-electron chi connectivity index (χ0n) is 16.9. The monoisotopic (exact) mass is 389 g/mol. The minimum absolute atomic E-state index is 0.00714. The maximum Gasteiger partial charge on any atom is 0.317 e. The van der Waals surface area contributed by atoms with Crippen LogP contribution in [0.1, 0.15) is 49.9 Å². The van der Waals surface area contributed by atoms with Crippen LogP contribution in [-0.2, 0) is 0 Å². The van der Waals surface area contributed by atoms with Crippen LogP contribution in [0.25, 0.3) is 0 Å². The van der Waals surface area contributed by atoms with Gasteiger partial charge in [0.25, 0.3) is 5.91 Å². The summed E-state index contributed by atoms with van der Waals surface area (Å²) in [5, 5.41) is 2.85. The number of carbonyl (C=O) groups excluding carboxylic acids is 2. The van der Waals surface area contributed by atoms with Gasteiger partial charge in [-0.15, -0.1) is 0 Å². The summed E-state index contributed by atoms with van der Waals surface area (Å²) in [4.78, 5) is 28.6. The standard InChI is InChI=1S/C21H31N3O4/c1-3-13-27-18-6-5-16(15-19(18)28-14-4-2)20(25)23-10-7-17(8-11-23)24-12-9-22-21(24)26/h5-6,15,17H,3-4,7-14H2,1-2H3,(H,22,26). The summed E-state index contributed by atoms with van der Waals surface area (Å²) >= 11 is 0.